The number of fused-ring (bicyclic) bond motifs is 2. The van der Waals surface area contributed by atoms with Crippen LogP contribution < -0.4 is 5.32 Å². The van der Waals surface area contributed by atoms with Crippen LogP contribution in [-0.4, -0.2) is 46.7 Å². The quantitative estimate of drug-likeness (QED) is 0.868. The van der Waals surface area contributed by atoms with E-state index < -0.39 is 23.4 Å². The summed E-state index contributed by atoms with van der Waals surface area (Å²) < 4.78 is 40.7. The molecule has 0 unspecified atom stereocenters. The molecular formula is C14H18F3N3O2. The Kier molecular flexibility index (Phi) is 3.68. The van der Waals surface area contributed by atoms with Crippen molar-refractivity contribution in [1.82, 2.24) is 14.8 Å². The van der Waals surface area contributed by atoms with Crippen LogP contribution in [0.2, 0.25) is 0 Å². The van der Waals surface area contributed by atoms with E-state index in [1.807, 2.05) is 4.90 Å². The second kappa shape index (κ2) is 5.27. The number of piperidine rings is 1. The van der Waals surface area contributed by atoms with Crippen molar-refractivity contribution in [1.29, 1.82) is 0 Å². The molecular weight excluding hydrogens is 299 g/mol. The Morgan fingerprint density at radius 3 is 2.55 bits per heavy atom. The van der Waals surface area contributed by atoms with Gasteiger partial charge in [0.25, 0.3) is 0 Å². The van der Waals surface area contributed by atoms with Crippen LogP contribution in [0.5, 0.6) is 0 Å². The number of carbonyl (C=O) groups is 1. The van der Waals surface area contributed by atoms with Crippen molar-refractivity contribution in [3.8, 4) is 0 Å². The van der Waals surface area contributed by atoms with Gasteiger partial charge in [-0.3, -0.25) is 9.69 Å². The van der Waals surface area contributed by atoms with Crippen molar-refractivity contribution < 1.29 is 23.1 Å². The molecule has 2 N–H and O–H groups in total. The number of nitrogens with one attached hydrogen (secondary N) is 1. The summed E-state index contributed by atoms with van der Waals surface area (Å²) in [5.41, 5.74) is -0.671. The molecule has 2 aliphatic rings. The maximum Gasteiger partial charge on any atom is 0.431 e. The molecule has 2 aliphatic heterocycles. The highest BCUT2D eigenvalue weighted by Crippen LogP contribution is 2.43. The Morgan fingerprint density at radius 2 is 1.95 bits per heavy atom. The lowest BCUT2D eigenvalue weighted by atomic mass is 9.81. The standard InChI is InChI=1S/C14H18F3N3O2/c15-14(16,17)11-2-1-10-13(3-5-18-6-4-13)19(9-12(21)22)7-8-20(10)11/h1-2,18H,3-9H2,(H,21,22). The summed E-state index contributed by atoms with van der Waals surface area (Å²) in [7, 11) is 0. The van der Waals surface area contributed by atoms with Crippen molar-refractivity contribution in [2.24, 2.45) is 0 Å². The van der Waals surface area contributed by atoms with E-state index in [4.69, 9.17) is 5.11 Å². The van der Waals surface area contributed by atoms with E-state index in [2.05, 4.69) is 5.32 Å². The summed E-state index contributed by atoms with van der Waals surface area (Å²) in [6, 6.07) is 2.63. The fourth-order valence-electron chi connectivity index (χ4n) is 3.77. The van der Waals surface area contributed by atoms with Crippen molar-refractivity contribution in [2.75, 3.05) is 26.2 Å². The first-order chi connectivity index (χ1) is 10.3. The number of rotatable bonds is 2. The van der Waals surface area contributed by atoms with E-state index in [1.54, 1.807) is 0 Å². The summed E-state index contributed by atoms with van der Waals surface area (Å²) in [4.78, 5) is 13.0. The number of carboxylic acid groups (broad SMARTS) is 1. The van der Waals surface area contributed by atoms with Crippen molar-refractivity contribution >= 4 is 5.97 Å². The summed E-state index contributed by atoms with van der Waals surface area (Å²) in [5, 5.41) is 12.3. The largest absolute Gasteiger partial charge is 0.480 e. The maximum atomic E-state index is 13.1. The van der Waals surface area contributed by atoms with Crippen LogP contribution in [-0.2, 0) is 23.1 Å². The third-order valence-corrected chi connectivity index (χ3v) is 4.70. The van der Waals surface area contributed by atoms with Gasteiger partial charge in [-0.2, -0.15) is 13.2 Å². The van der Waals surface area contributed by atoms with E-state index in [-0.39, 0.29) is 13.1 Å². The van der Waals surface area contributed by atoms with Crippen LogP contribution in [0.3, 0.4) is 0 Å². The van der Waals surface area contributed by atoms with Gasteiger partial charge in [0.2, 0.25) is 0 Å². The first kappa shape index (κ1) is 15.4. The number of hydrogen-bond acceptors (Lipinski definition) is 3. The van der Waals surface area contributed by atoms with Crippen LogP contribution in [0, 0.1) is 0 Å². The minimum atomic E-state index is -4.39. The fraction of sp³-hybridized carbons (Fsp3) is 0.643. The first-order valence-corrected chi connectivity index (χ1v) is 7.29. The van der Waals surface area contributed by atoms with Crippen LogP contribution in [0.1, 0.15) is 24.2 Å². The second-order valence-electron chi connectivity index (χ2n) is 5.85. The molecule has 0 bridgehead atoms. The Bertz CT molecular complexity index is 576. The summed E-state index contributed by atoms with van der Waals surface area (Å²) in [5.74, 6) is -0.950. The van der Waals surface area contributed by atoms with E-state index >= 15 is 0 Å². The molecule has 0 radical (unpaired) electrons. The van der Waals surface area contributed by atoms with Gasteiger partial charge in [0, 0.05) is 18.8 Å². The third-order valence-electron chi connectivity index (χ3n) is 4.70. The van der Waals surface area contributed by atoms with Gasteiger partial charge in [0.05, 0.1) is 12.1 Å². The molecule has 0 saturated carbocycles. The SMILES string of the molecule is O=C(O)CN1CCn2c(C(F)(F)F)ccc2C12CCNCC2. The number of carboxylic acids is 1. The smallest absolute Gasteiger partial charge is 0.431 e. The Morgan fingerprint density at radius 1 is 1.27 bits per heavy atom. The predicted molar refractivity (Wildman–Crippen MR) is 72.4 cm³/mol. The highest BCUT2D eigenvalue weighted by molar-refractivity contribution is 5.69. The molecule has 1 aromatic heterocycles. The molecule has 0 atom stereocenters. The second-order valence-corrected chi connectivity index (χ2v) is 5.85. The monoisotopic (exact) mass is 317 g/mol. The van der Waals surface area contributed by atoms with Crippen LogP contribution in [0.4, 0.5) is 13.2 Å². The number of halogens is 3. The van der Waals surface area contributed by atoms with Crippen molar-refractivity contribution in [2.45, 2.75) is 31.1 Å². The molecule has 3 rings (SSSR count). The fourth-order valence-corrected chi connectivity index (χ4v) is 3.77. The third kappa shape index (κ3) is 2.40. The predicted octanol–water partition coefficient (Wildman–Crippen LogP) is 1.49. The maximum absolute atomic E-state index is 13.1. The molecule has 122 valence electrons. The Hall–Kier alpha value is -1.54. The molecule has 0 aromatic carbocycles. The van der Waals surface area contributed by atoms with Gasteiger partial charge >= 0.3 is 12.1 Å². The van der Waals surface area contributed by atoms with Crippen molar-refractivity contribution in [3.63, 3.8) is 0 Å². The molecule has 1 aromatic rings. The highest BCUT2D eigenvalue weighted by atomic mass is 19.4. The van der Waals surface area contributed by atoms with Gasteiger partial charge in [-0.15, -0.1) is 0 Å². The van der Waals surface area contributed by atoms with E-state index in [9.17, 15) is 18.0 Å². The van der Waals surface area contributed by atoms with Gasteiger partial charge in [0.15, 0.2) is 0 Å². The number of alkyl halides is 3. The van der Waals surface area contributed by atoms with Gasteiger partial charge in [-0.05, 0) is 38.1 Å². The highest BCUT2D eigenvalue weighted by Gasteiger charge is 2.47. The average Bonchev–Trinajstić information content (AvgIpc) is 2.88. The lowest BCUT2D eigenvalue weighted by Gasteiger charge is -2.49. The minimum absolute atomic E-state index is 0.146. The normalized spacial score (nSPS) is 21.8. The molecule has 1 fully saturated rings. The van der Waals surface area contributed by atoms with E-state index in [0.717, 1.165) is 6.07 Å². The summed E-state index contributed by atoms with van der Waals surface area (Å²) in [6.07, 6.45) is -3.16. The number of aliphatic carboxylic acids is 1. The van der Waals surface area contributed by atoms with E-state index in [1.165, 1.54) is 10.6 Å². The average molecular weight is 317 g/mol. The van der Waals surface area contributed by atoms with Gasteiger partial charge in [0.1, 0.15) is 5.69 Å². The molecule has 5 nitrogen and oxygen atoms in total. The zero-order valence-electron chi connectivity index (χ0n) is 12.0. The first-order valence-electron chi connectivity index (χ1n) is 7.29. The molecule has 22 heavy (non-hydrogen) atoms. The number of hydrogen-bond donors (Lipinski definition) is 2. The number of nitrogens with zero attached hydrogens (tertiary/aromatic N) is 2. The molecule has 8 heteroatoms. The lowest BCUT2D eigenvalue weighted by molar-refractivity contribution is -0.147. The number of aromatic nitrogens is 1. The Balaban J connectivity index is 2.06. The zero-order chi connectivity index (χ0) is 16.0. The van der Waals surface area contributed by atoms with E-state index in [0.29, 0.717) is 38.2 Å². The van der Waals surface area contributed by atoms with Gasteiger partial charge in [-0.1, -0.05) is 0 Å². The molecule has 1 saturated heterocycles. The van der Waals surface area contributed by atoms with Crippen LogP contribution >= 0.6 is 0 Å². The Labute approximate surface area is 125 Å². The zero-order valence-corrected chi connectivity index (χ0v) is 12.0. The minimum Gasteiger partial charge on any atom is -0.480 e. The lowest BCUT2D eigenvalue weighted by Crippen LogP contribution is -2.58. The topological polar surface area (TPSA) is 57.5 Å². The molecule has 1 spiro atoms. The van der Waals surface area contributed by atoms with Crippen molar-refractivity contribution in [3.05, 3.63) is 23.5 Å². The summed E-state index contributed by atoms with van der Waals surface area (Å²) in [6.45, 7) is 1.68. The summed E-state index contributed by atoms with van der Waals surface area (Å²) >= 11 is 0. The molecule has 0 amide bonds. The van der Waals surface area contributed by atoms with Gasteiger partial charge in [-0.25, -0.2) is 0 Å². The van der Waals surface area contributed by atoms with Crippen LogP contribution in [0.15, 0.2) is 12.1 Å². The van der Waals surface area contributed by atoms with Gasteiger partial charge < -0.3 is 15.0 Å². The molecule has 0 aliphatic carbocycles. The van der Waals surface area contributed by atoms with Crippen LogP contribution in [0.25, 0.3) is 0 Å². The molecule has 3 heterocycles.